The first-order valence-corrected chi connectivity index (χ1v) is 9.99. The molecule has 7 heteroatoms. The molecule has 25 heavy (non-hydrogen) atoms. The van der Waals surface area contributed by atoms with Gasteiger partial charge >= 0.3 is 0 Å². The predicted octanol–water partition coefficient (Wildman–Crippen LogP) is 3.33. The van der Waals surface area contributed by atoms with Crippen LogP contribution in [-0.4, -0.2) is 55.2 Å². The summed E-state index contributed by atoms with van der Waals surface area (Å²) in [6, 6.07) is 3.86. The highest BCUT2D eigenvalue weighted by atomic mass is 35.5. The van der Waals surface area contributed by atoms with Gasteiger partial charge in [0.05, 0.1) is 23.4 Å². The molecule has 4 rings (SSSR count). The van der Waals surface area contributed by atoms with Crippen LogP contribution in [0.5, 0.6) is 0 Å². The number of benzene rings is 1. The van der Waals surface area contributed by atoms with Crippen LogP contribution in [0.2, 0.25) is 5.02 Å². The van der Waals surface area contributed by atoms with Crippen LogP contribution in [0.4, 0.5) is 5.13 Å². The molecule has 2 aliphatic rings. The van der Waals surface area contributed by atoms with Gasteiger partial charge in [-0.1, -0.05) is 22.9 Å². The Labute approximate surface area is 156 Å². The highest BCUT2D eigenvalue weighted by molar-refractivity contribution is 7.22. The number of aryl methyl sites for hydroxylation is 1. The van der Waals surface area contributed by atoms with Crippen LogP contribution in [0.3, 0.4) is 0 Å². The number of aromatic nitrogens is 1. The zero-order chi connectivity index (χ0) is 17.4. The normalized spacial score (nSPS) is 18.6. The number of fused-ring (bicyclic) bond motifs is 1. The van der Waals surface area contributed by atoms with E-state index < -0.39 is 0 Å². The second-order valence-corrected chi connectivity index (χ2v) is 8.23. The molecule has 1 aliphatic carbocycles. The van der Waals surface area contributed by atoms with Gasteiger partial charge in [-0.3, -0.25) is 14.6 Å². The van der Waals surface area contributed by atoms with Crippen LogP contribution in [0.25, 0.3) is 10.2 Å². The van der Waals surface area contributed by atoms with Crippen molar-refractivity contribution in [1.82, 2.24) is 9.88 Å². The first-order chi connectivity index (χ1) is 12.1. The minimum absolute atomic E-state index is 0.182. The molecule has 1 aromatic carbocycles. The van der Waals surface area contributed by atoms with E-state index in [1.165, 1.54) is 0 Å². The van der Waals surface area contributed by atoms with Gasteiger partial charge in [-0.15, -0.1) is 0 Å². The third-order valence-corrected chi connectivity index (χ3v) is 6.05. The standard InChI is InChI=1S/C18H22ClN3O2S/c1-12-10-14(19)11-15-16(12)20-18(25-15)22(17(23)13-2-3-13)5-4-21-6-8-24-9-7-21/h10-11,13H,2-9H2,1H3. The maximum atomic E-state index is 12.8. The van der Waals surface area contributed by atoms with E-state index >= 15 is 0 Å². The lowest BCUT2D eigenvalue weighted by Crippen LogP contribution is -2.43. The fourth-order valence-corrected chi connectivity index (χ4v) is 4.63. The number of rotatable bonds is 5. The quantitative estimate of drug-likeness (QED) is 0.799. The highest BCUT2D eigenvalue weighted by Crippen LogP contribution is 2.37. The maximum absolute atomic E-state index is 12.8. The number of hydrogen-bond donors (Lipinski definition) is 0. The second-order valence-electron chi connectivity index (χ2n) is 6.78. The van der Waals surface area contributed by atoms with E-state index in [4.69, 9.17) is 21.3 Å². The van der Waals surface area contributed by atoms with Crippen LogP contribution >= 0.6 is 22.9 Å². The van der Waals surface area contributed by atoms with Gasteiger partial charge in [0.2, 0.25) is 5.91 Å². The summed E-state index contributed by atoms with van der Waals surface area (Å²) in [5.41, 5.74) is 2.00. The summed E-state index contributed by atoms with van der Waals surface area (Å²) in [6.07, 6.45) is 2.01. The molecule has 134 valence electrons. The van der Waals surface area contributed by atoms with E-state index in [0.717, 1.165) is 66.6 Å². The number of morpholine rings is 1. The molecule has 2 aromatic rings. The molecule has 1 amide bonds. The molecule has 1 saturated carbocycles. The number of nitrogens with zero attached hydrogens (tertiary/aromatic N) is 3. The van der Waals surface area contributed by atoms with Gasteiger partial charge < -0.3 is 4.74 Å². The molecule has 0 spiro atoms. The third kappa shape index (κ3) is 3.82. The van der Waals surface area contributed by atoms with Crippen molar-refractivity contribution in [3.8, 4) is 0 Å². The van der Waals surface area contributed by atoms with Crippen molar-refractivity contribution in [2.45, 2.75) is 19.8 Å². The molecule has 0 atom stereocenters. The van der Waals surface area contributed by atoms with E-state index in [2.05, 4.69) is 4.90 Å². The van der Waals surface area contributed by atoms with Crippen LogP contribution in [0, 0.1) is 12.8 Å². The Morgan fingerprint density at radius 2 is 2.16 bits per heavy atom. The van der Waals surface area contributed by atoms with Crippen molar-refractivity contribution in [1.29, 1.82) is 0 Å². The number of thiazole rings is 1. The van der Waals surface area contributed by atoms with Gasteiger partial charge in [-0.2, -0.15) is 0 Å². The molecule has 1 aromatic heterocycles. The number of anilines is 1. The monoisotopic (exact) mass is 379 g/mol. The van der Waals surface area contributed by atoms with Crippen LogP contribution in [-0.2, 0) is 9.53 Å². The summed E-state index contributed by atoms with van der Waals surface area (Å²) in [6.45, 7) is 6.96. The topological polar surface area (TPSA) is 45.7 Å². The zero-order valence-electron chi connectivity index (χ0n) is 14.3. The average Bonchev–Trinajstić information content (AvgIpc) is 3.36. The Balaban J connectivity index is 1.58. The van der Waals surface area contributed by atoms with Gasteiger partial charge in [-0.05, 0) is 37.5 Å². The molecule has 0 bridgehead atoms. The fraction of sp³-hybridized carbons (Fsp3) is 0.556. The Morgan fingerprint density at radius 1 is 1.40 bits per heavy atom. The Hall–Kier alpha value is -1.21. The van der Waals surface area contributed by atoms with Crippen molar-refractivity contribution in [3.05, 3.63) is 22.7 Å². The summed E-state index contributed by atoms with van der Waals surface area (Å²) in [4.78, 5) is 21.8. The first-order valence-electron chi connectivity index (χ1n) is 8.80. The van der Waals surface area contributed by atoms with Gasteiger partial charge in [0, 0.05) is 37.1 Å². The molecule has 0 N–H and O–H groups in total. The third-order valence-electron chi connectivity index (χ3n) is 4.81. The SMILES string of the molecule is Cc1cc(Cl)cc2sc(N(CCN3CCOCC3)C(=O)C3CC3)nc12. The summed E-state index contributed by atoms with van der Waals surface area (Å²) < 4.78 is 6.45. The Bertz CT molecular complexity index is 784. The molecule has 1 aliphatic heterocycles. The van der Waals surface area contributed by atoms with E-state index in [0.29, 0.717) is 11.6 Å². The van der Waals surface area contributed by atoms with E-state index in [1.807, 2.05) is 24.0 Å². The van der Waals surface area contributed by atoms with Crippen LogP contribution in [0.15, 0.2) is 12.1 Å². The molecule has 5 nitrogen and oxygen atoms in total. The van der Waals surface area contributed by atoms with Gasteiger partial charge in [0.1, 0.15) is 0 Å². The Kier molecular flexibility index (Phi) is 4.95. The summed E-state index contributed by atoms with van der Waals surface area (Å²) in [5, 5.41) is 1.51. The van der Waals surface area contributed by atoms with Gasteiger partial charge in [-0.25, -0.2) is 4.98 Å². The summed E-state index contributed by atoms with van der Waals surface area (Å²) in [5.74, 6) is 0.400. The van der Waals surface area contributed by atoms with Crippen molar-refractivity contribution in [2.75, 3.05) is 44.3 Å². The molecule has 0 unspecified atom stereocenters. The maximum Gasteiger partial charge on any atom is 0.231 e. The van der Waals surface area contributed by atoms with Crippen LogP contribution < -0.4 is 4.90 Å². The zero-order valence-corrected chi connectivity index (χ0v) is 15.9. The number of carbonyl (C=O) groups excluding carboxylic acids is 1. The van der Waals surface area contributed by atoms with Gasteiger partial charge in [0.15, 0.2) is 5.13 Å². The Morgan fingerprint density at radius 3 is 2.88 bits per heavy atom. The number of amides is 1. The van der Waals surface area contributed by atoms with E-state index in [9.17, 15) is 4.79 Å². The second kappa shape index (κ2) is 7.19. The van der Waals surface area contributed by atoms with E-state index in [1.54, 1.807) is 11.3 Å². The largest absolute Gasteiger partial charge is 0.379 e. The molecule has 0 radical (unpaired) electrons. The van der Waals surface area contributed by atoms with Crippen molar-refractivity contribution in [2.24, 2.45) is 5.92 Å². The van der Waals surface area contributed by atoms with Gasteiger partial charge in [0.25, 0.3) is 0 Å². The lowest BCUT2D eigenvalue weighted by molar-refractivity contribution is -0.119. The van der Waals surface area contributed by atoms with Crippen molar-refractivity contribution < 1.29 is 9.53 Å². The smallest absolute Gasteiger partial charge is 0.231 e. The summed E-state index contributed by atoms with van der Waals surface area (Å²) >= 11 is 7.74. The molecule has 1 saturated heterocycles. The number of carbonyl (C=O) groups is 1. The average molecular weight is 380 g/mol. The minimum Gasteiger partial charge on any atom is -0.379 e. The lowest BCUT2D eigenvalue weighted by Gasteiger charge is -2.29. The number of ether oxygens (including phenoxy) is 1. The minimum atomic E-state index is 0.182. The molecular weight excluding hydrogens is 358 g/mol. The van der Waals surface area contributed by atoms with Crippen molar-refractivity contribution >= 4 is 44.2 Å². The van der Waals surface area contributed by atoms with Crippen molar-refractivity contribution in [3.63, 3.8) is 0 Å². The molecular formula is C18H22ClN3O2S. The highest BCUT2D eigenvalue weighted by Gasteiger charge is 2.35. The number of halogens is 1. The fourth-order valence-electron chi connectivity index (χ4n) is 3.18. The summed E-state index contributed by atoms with van der Waals surface area (Å²) in [7, 11) is 0. The first kappa shape index (κ1) is 17.2. The molecule has 2 fully saturated rings. The van der Waals surface area contributed by atoms with Crippen LogP contribution in [0.1, 0.15) is 18.4 Å². The lowest BCUT2D eigenvalue weighted by atomic mass is 10.2. The molecule has 2 heterocycles. The van der Waals surface area contributed by atoms with E-state index in [-0.39, 0.29) is 11.8 Å². The number of hydrogen-bond acceptors (Lipinski definition) is 5. The predicted molar refractivity (Wildman–Crippen MR) is 102 cm³/mol.